The van der Waals surface area contributed by atoms with Crippen molar-refractivity contribution in [2.45, 2.75) is 31.3 Å². The van der Waals surface area contributed by atoms with Gasteiger partial charge in [0, 0.05) is 29.3 Å². The minimum Gasteiger partial charge on any atom is -0.366 e. The van der Waals surface area contributed by atoms with Gasteiger partial charge in [-0.25, -0.2) is 0 Å². The monoisotopic (exact) mass is 222 g/mol. The lowest BCUT2D eigenvalue weighted by Crippen LogP contribution is -2.47. The summed E-state index contributed by atoms with van der Waals surface area (Å²) in [7, 11) is 0. The molecular formula is C12H15ClN2. The summed E-state index contributed by atoms with van der Waals surface area (Å²) in [5, 5.41) is 0.845. The molecule has 2 heterocycles. The van der Waals surface area contributed by atoms with Crippen LogP contribution < -0.4 is 10.6 Å². The zero-order valence-electron chi connectivity index (χ0n) is 8.62. The summed E-state index contributed by atoms with van der Waals surface area (Å²) in [6.45, 7) is 0.999. The molecule has 1 aromatic rings. The van der Waals surface area contributed by atoms with Crippen LogP contribution in [0.1, 0.15) is 18.4 Å². The summed E-state index contributed by atoms with van der Waals surface area (Å²) in [6.07, 6.45) is 3.51. The largest absolute Gasteiger partial charge is 0.366 e. The Morgan fingerprint density at radius 3 is 3.07 bits per heavy atom. The standard InChI is InChI=1S/C12H15ClN2/c13-9-1-4-12-8(5-9)6-11-3-2-10(14)7-15(11)12/h1,4-5,10-11H,2-3,6-7,14H2. The van der Waals surface area contributed by atoms with E-state index < -0.39 is 0 Å². The fourth-order valence-electron chi connectivity index (χ4n) is 2.81. The number of hydrogen-bond donors (Lipinski definition) is 1. The summed E-state index contributed by atoms with van der Waals surface area (Å²) in [4.78, 5) is 2.46. The average molecular weight is 223 g/mol. The molecule has 0 bridgehead atoms. The van der Waals surface area contributed by atoms with E-state index in [2.05, 4.69) is 17.0 Å². The van der Waals surface area contributed by atoms with Crippen LogP contribution >= 0.6 is 11.6 Å². The maximum absolute atomic E-state index is 6.01. The number of halogens is 1. The molecule has 0 spiro atoms. The molecule has 2 aliphatic rings. The molecule has 0 aromatic heterocycles. The van der Waals surface area contributed by atoms with Crippen LogP contribution in [0, 0.1) is 0 Å². The van der Waals surface area contributed by atoms with Gasteiger partial charge >= 0.3 is 0 Å². The fourth-order valence-corrected chi connectivity index (χ4v) is 3.01. The predicted molar refractivity (Wildman–Crippen MR) is 63.5 cm³/mol. The van der Waals surface area contributed by atoms with Crippen LogP contribution in [0.5, 0.6) is 0 Å². The van der Waals surface area contributed by atoms with E-state index in [4.69, 9.17) is 17.3 Å². The summed E-state index contributed by atoms with van der Waals surface area (Å²) in [5.41, 5.74) is 8.75. The van der Waals surface area contributed by atoms with Gasteiger partial charge in [-0.2, -0.15) is 0 Å². The number of piperidine rings is 1. The second-order valence-electron chi connectivity index (χ2n) is 4.62. The summed E-state index contributed by atoms with van der Waals surface area (Å²) in [5.74, 6) is 0. The molecule has 0 amide bonds. The smallest absolute Gasteiger partial charge is 0.0410 e. The zero-order valence-corrected chi connectivity index (χ0v) is 9.37. The zero-order chi connectivity index (χ0) is 10.4. The van der Waals surface area contributed by atoms with Crippen LogP contribution in [-0.2, 0) is 6.42 Å². The molecule has 1 fully saturated rings. The molecule has 2 atom stereocenters. The van der Waals surface area contributed by atoms with Gasteiger partial charge in [-0.3, -0.25) is 0 Å². The molecule has 3 heteroatoms. The van der Waals surface area contributed by atoms with Gasteiger partial charge in [0.25, 0.3) is 0 Å². The molecule has 0 aliphatic carbocycles. The second-order valence-corrected chi connectivity index (χ2v) is 5.06. The lowest BCUT2D eigenvalue weighted by Gasteiger charge is -2.35. The van der Waals surface area contributed by atoms with E-state index in [0.29, 0.717) is 12.1 Å². The van der Waals surface area contributed by atoms with E-state index >= 15 is 0 Å². The number of benzene rings is 1. The SMILES string of the molecule is NC1CCC2Cc3cc(Cl)ccc3N2C1. The van der Waals surface area contributed by atoms with Gasteiger partial charge in [0.05, 0.1) is 0 Å². The van der Waals surface area contributed by atoms with Crippen molar-refractivity contribution in [3.63, 3.8) is 0 Å². The Kier molecular flexibility index (Phi) is 2.15. The molecule has 2 nitrogen and oxygen atoms in total. The van der Waals surface area contributed by atoms with Gasteiger partial charge in [0.15, 0.2) is 0 Å². The van der Waals surface area contributed by atoms with Crippen molar-refractivity contribution in [1.29, 1.82) is 0 Å². The van der Waals surface area contributed by atoms with Gasteiger partial charge in [-0.05, 0) is 43.0 Å². The topological polar surface area (TPSA) is 29.3 Å². The summed E-state index contributed by atoms with van der Waals surface area (Å²) < 4.78 is 0. The highest BCUT2D eigenvalue weighted by Crippen LogP contribution is 2.37. The van der Waals surface area contributed by atoms with Crippen molar-refractivity contribution in [3.05, 3.63) is 28.8 Å². The third-order valence-corrected chi connectivity index (χ3v) is 3.78. The summed E-state index contributed by atoms with van der Waals surface area (Å²) >= 11 is 6.01. The highest BCUT2D eigenvalue weighted by Gasteiger charge is 2.33. The van der Waals surface area contributed by atoms with Gasteiger partial charge in [0.2, 0.25) is 0 Å². The quantitative estimate of drug-likeness (QED) is 0.729. The second kappa shape index (κ2) is 3.39. The van der Waals surface area contributed by atoms with E-state index in [9.17, 15) is 0 Å². The van der Waals surface area contributed by atoms with Crippen molar-refractivity contribution >= 4 is 17.3 Å². The minimum absolute atomic E-state index is 0.336. The molecule has 2 aliphatic heterocycles. The Morgan fingerprint density at radius 2 is 2.20 bits per heavy atom. The Labute approximate surface area is 95.0 Å². The third-order valence-electron chi connectivity index (χ3n) is 3.55. The van der Waals surface area contributed by atoms with Crippen LogP contribution in [0.25, 0.3) is 0 Å². The van der Waals surface area contributed by atoms with Crippen molar-refractivity contribution in [2.75, 3.05) is 11.4 Å². The van der Waals surface area contributed by atoms with Crippen molar-refractivity contribution < 1.29 is 0 Å². The molecule has 1 saturated heterocycles. The number of fused-ring (bicyclic) bond motifs is 3. The molecule has 1 aromatic carbocycles. The first kappa shape index (κ1) is 9.49. The van der Waals surface area contributed by atoms with Gasteiger partial charge in [0.1, 0.15) is 0 Å². The van der Waals surface area contributed by atoms with Crippen molar-refractivity contribution in [2.24, 2.45) is 5.73 Å². The van der Waals surface area contributed by atoms with E-state index in [-0.39, 0.29) is 0 Å². The van der Waals surface area contributed by atoms with Crippen LogP contribution in [0.2, 0.25) is 5.02 Å². The van der Waals surface area contributed by atoms with Gasteiger partial charge < -0.3 is 10.6 Å². The first-order chi connectivity index (χ1) is 7.24. The first-order valence-corrected chi connectivity index (χ1v) is 5.92. The van der Waals surface area contributed by atoms with Gasteiger partial charge in [-0.15, -0.1) is 0 Å². The normalized spacial score (nSPS) is 28.8. The van der Waals surface area contributed by atoms with Crippen LogP contribution in [0.3, 0.4) is 0 Å². The molecule has 2 N–H and O–H groups in total. The Bertz CT molecular complexity index is 391. The molecule has 2 unspecified atom stereocenters. The van der Waals surface area contributed by atoms with Crippen molar-refractivity contribution in [3.8, 4) is 0 Å². The van der Waals surface area contributed by atoms with Crippen molar-refractivity contribution in [1.82, 2.24) is 0 Å². The molecular weight excluding hydrogens is 208 g/mol. The molecule has 3 rings (SSSR count). The van der Waals surface area contributed by atoms with Gasteiger partial charge in [-0.1, -0.05) is 11.6 Å². The van der Waals surface area contributed by atoms with E-state index in [1.807, 2.05) is 6.07 Å². The number of hydrogen-bond acceptors (Lipinski definition) is 2. The van der Waals surface area contributed by atoms with Crippen LogP contribution in [0.15, 0.2) is 18.2 Å². The number of nitrogens with two attached hydrogens (primary N) is 1. The Hall–Kier alpha value is -0.730. The number of anilines is 1. The molecule has 0 radical (unpaired) electrons. The minimum atomic E-state index is 0.336. The number of rotatable bonds is 0. The van der Waals surface area contributed by atoms with E-state index in [1.54, 1.807) is 0 Å². The average Bonchev–Trinajstić information content (AvgIpc) is 2.54. The number of nitrogens with zero attached hydrogens (tertiary/aromatic N) is 1. The van der Waals surface area contributed by atoms with E-state index in [0.717, 1.165) is 24.4 Å². The van der Waals surface area contributed by atoms with Crippen LogP contribution in [-0.4, -0.2) is 18.6 Å². The predicted octanol–water partition coefficient (Wildman–Crippen LogP) is 2.19. The third kappa shape index (κ3) is 1.52. The highest BCUT2D eigenvalue weighted by atomic mass is 35.5. The lowest BCUT2D eigenvalue weighted by atomic mass is 9.99. The highest BCUT2D eigenvalue weighted by molar-refractivity contribution is 6.30. The molecule has 15 heavy (non-hydrogen) atoms. The first-order valence-electron chi connectivity index (χ1n) is 5.54. The maximum atomic E-state index is 6.01. The summed E-state index contributed by atoms with van der Waals surface area (Å²) in [6, 6.07) is 7.21. The lowest BCUT2D eigenvalue weighted by molar-refractivity contribution is 0.433. The maximum Gasteiger partial charge on any atom is 0.0410 e. The fraction of sp³-hybridized carbons (Fsp3) is 0.500. The Morgan fingerprint density at radius 1 is 1.33 bits per heavy atom. The van der Waals surface area contributed by atoms with E-state index in [1.165, 1.54) is 17.7 Å². The molecule has 80 valence electrons. The molecule has 0 saturated carbocycles. The van der Waals surface area contributed by atoms with Crippen LogP contribution in [0.4, 0.5) is 5.69 Å². The Balaban J connectivity index is 1.97.